The van der Waals surface area contributed by atoms with Crippen molar-refractivity contribution in [1.82, 2.24) is 0 Å². The maximum absolute atomic E-state index is 12.4. The number of esters is 1. The molecule has 0 saturated heterocycles. The SMILES string of the molecule is CC(=O)CCCCCCCC(=O)OCc1cccc(CO)c1NC(=O)OCc1ccccc1[N+](=O)[O-]. The molecule has 194 valence electrons. The van der Waals surface area contributed by atoms with E-state index in [0.717, 1.165) is 25.7 Å². The molecule has 0 aromatic heterocycles. The van der Waals surface area contributed by atoms with Crippen LogP contribution in [0.5, 0.6) is 0 Å². The first-order valence-electron chi connectivity index (χ1n) is 11.8. The lowest BCUT2D eigenvalue weighted by molar-refractivity contribution is -0.385. The zero-order valence-electron chi connectivity index (χ0n) is 20.4. The van der Waals surface area contributed by atoms with E-state index in [1.165, 1.54) is 18.2 Å². The van der Waals surface area contributed by atoms with Crippen LogP contribution in [0.15, 0.2) is 42.5 Å². The number of nitro benzene ring substituents is 1. The molecule has 0 aliphatic rings. The molecule has 0 aliphatic carbocycles. The molecule has 2 N–H and O–H groups in total. The van der Waals surface area contributed by atoms with Crippen molar-refractivity contribution in [2.75, 3.05) is 5.32 Å². The third-order valence-electron chi connectivity index (χ3n) is 5.48. The minimum atomic E-state index is -0.869. The Labute approximate surface area is 209 Å². The van der Waals surface area contributed by atoms with Gasteiger partial charge < -0.3 is 19.4 Å². The third-order valence-corrected chi connectivity index (χ3v) is 5.48. The Morgan fingerprint density at radius 1 is 0.861 bits per heavy atom. The van der Waals surface area contributed by atoms with Crippen molar-refractivity contribution >= 4 is 29.2 Å². The van der Waals surface area contributed by atoms with Crippen LogP contribution in [-0.2, 0) is 38.9 Å². The Morgan fingerprint density at radius 2 is 1.47 bits per heavy atom. The Bertz CT molecular complexity index is 1050. The molecule has 0 fully saturated rings. The summed E-state index contributed by atoms with van der Waals surface area (Å²) in [5, 5.41) is 23.4. The molecule has 36 heavy (non-hydrogen) atoms. The van der Waals surface area contributed by atoms with E-state index in [0.29, 0.717) is 24.0 Å². The number of nitrogens with zero attached hydrogens (tertiary/aromatic N) is 1. The molecule has 0 heterocycles. The lowest BCUT2D eigenvalue weighted by Crippen LogP contribution is -2.17. The van der Waals surface area contributed by atoms with Crippen molar-refractivity contribution < 1.29 is 33.9 Å². The van der Waals surface area contributed by atoms with Gasteiger partial charge in [-0.1, -0.05) is 49.6 Å². The van der Waals surface area contributed by atoms with Crippen LogP contribution in [0, 0.1) is 10.1 Å². The Balaban J connectivity index is 1.87. The van der Waals surface area contributed by atoms with Crippen LogP contribution in [0.1, 0.15) is 68.6 Å². The second-order valence-corrected chi connectivity index (χ2v) is 8.33. The van der Waals surface area contributed by atoms with E-state index in [2.05, 4.69) is 5.32 Å². The molecule has 0 saturated carbocycles. The number of rotatable bonds is 15. The summed E-state index contributed by atoms with van der Waals surface area (Å²) in [6.07, 6.45) is 4.28. The largest absolute Gasteiger partial charge is 0.461 e. The summed E-state index contributed by atoms with van der Waals surface area (Å²) in [7, 11) is 0. The highest BCUT2D eigenvalue weighted by Crippen LogP contribution is 2.24. The number of nitro groups is 1. The van der Waals surface area contributed by atoms with Gasteiger partial charge in [0, 0.05) is 30.0 Å². The number of carbonyl (C=O) groups is 3. The second kappa shape index (κ2) is 15.3. The molecule has 0 bridgehead atoms. The minimum absolute atomic E-state index is 0.106. The zero-order chi connectivity index (χ0) is 26.3. The van der Waals surface area contributed by atoms with Gasteiger partial charge in [-0.05, 0) is 25.8 Å². The fourth-order valence-electron chi connectivity index (χ4n) is 3.56. The summed E-state index contributed by atoms with van der Waals surface area (Å²) in [6.45, 7) is 0.786. The Kier molecular flexibility index (Phi) is 12.1. The smallest absolute Gasteiger partial charge is 0.411 e. The fraction of sp³-hybridized carbons (Fsp3) is 0.423. The van der Waals surface area contributed by atoms with E-state index in [1.807, 2.05) is 0 Å². The van der Waals surface area contributed by atoms with Crippen molar-refractivity contribution in [1.29, 1.82) is 0 Å². The monoisotopic (exact) mass is 500 g/mol. The lowest BCUT2D eigenvalue weighted by Gasteiger charge is -2.15. The van der Waals surface area contributed by atoms with Gasteiger partial charge in [-0.25, -0.2) is 4.79 Å². The Morgan fingerprint density at radius 3 is 2.17 bits per heavy atom. The lowest BCUT2D eigenvalue weighted by atomic mass is 10.1. The number of anilines is 1. The quantitative estimate of drug-likeness (QED) is 0.147. The molecule has 10 heteroatoms. The molecule has 2 aromatic carbocycles. The third kappa shape index (κ3) is 9.83. The first-order valence-corrected chi connectivity index (χ1v) is 11.8. The van der Waals surface area contributed by atoms with Gasteiger partial charge in [0.15, 0.2) is 0 Å². The predicted octanol–water partition coefficient (Wildman–Crippen LogP) is 5.20. The number of nitrogens with one attached hydrogen (secondary N) is 1. The van der Waals surface area contributed by atoms with Crippen molar-refractivity contribution in [2.45, 2.75) is 71.7 Å². The van der Waals surface area contributed by atoms with E-state index in [4.69, 9.17) is 9.47 Å². The molecule has 1 amide bonds. The van der Waals surface area contributed by atoms with Crippen LogP contribution >= 0.6 is 0 Å². The van der Waals surface area contributed by atoms with Crippen molar-refractivity contribution in [3.63, 3.8) is 0 Å². The van der Waals surface area contributed by atoms with Crippen LogP contribution in [0.4, 0.5) is 16.2 Å². The van der Waals surface area contributed by atoms with Gasteiger partial charge in [-0.2, -0.15) is 0 Å². The van der Waals surface area contributed by atoms with Gasteiger partial charge in [-0.3, -0.25) is 20.2 Å². The van der Waals surface area contributed by atoms with Gasteiger partial charge in [0.25, 0.3) is 5.69 Å². The molecule has 0 unspecified atom stereocenters. The summed E-state index contributed by atoms with van der Waals surface area (Å²) >= 11 is 0. The van der Waals surface area contributed by atoms with Crippen LogP contribution in [-0.4, -0.2) is 27.9 Å². The van der Waals surface area contributed by atoms with Gasteiger partial charge in [0.1, 0.15) is 19.0 Å². The average molecular weight is 501 g/mol. The first-order chi connectivity index (χ1) is 17.3. The van der Waals surface area contributed by atoms with Crippen molar-refractivity contribution in [3.05, 3.63) is 69.3 Å². The van der Waals surface area contributed by atoms with Crippen LogP contribution in [0.2, 0.25) is 0 Å². The molecule has 0 atom stereocenters. The van der Waals surface area contributed by atoms with E-state index in [1.54, 1.807) is 31.2 Å². The number of hydrogen-bond acceptors (Lipinski definition) is 8. The molecule has 0 spiro atoms. The van der Waals surface area contributed by atoms with Gasteiger partial charge in [-0.15, -0.1) is 0 Å². The van der Waals surface area contributed by atoms with Crippen LogP contribution < -0.4 is 5.32 Å². The molecule has 2 rings (SSSR count). The normalized spacial score (nSPS) is 10.5. The maximum Gasteiger partial charge on any atom is 0.411 e. The molecule has 2 aromatic rings. The highest BCUT2D eigenvalue weighted by molar-refractivity contribution is 5.87. The Hall–Kier alpha value is -3.79. The van der Waals surface area contributed by atoms with Gasteiger partial charge >= 0.3 is 12.1 Å². The average Bonchev–Trinajstić information content (AvgIpc) is 2.86. The number of benzene rings is 2. The highest BCUT2D eigenvalue weighted by atomic mass is 16.6. The number of ketones is 1. The van der Waals surface area contributed by atoms with E-state index >= 15 is 0 Å². The summed E-state index contributed by atoms with van der Waals surface area (Å²) in [5.41, 5.74) is 1.20. The van der Waals surface area contributed by atoms with Crippen LogP contribution in [0.25, 0.3) is 0 Å². The number of Topliss-reactive ketones (excluding diaryl/α,β-unsaturated/α-hetero) is 1. The number of amides is 1. The van der Waals surface area contributed by atoms with E-state index in [-0.39, 0.29) is 54.9 Å². The molecule has 0 aliphatic heterocycles. The van der Waals surface area contributed by atoms with Crippen LogP contribution in [0.3, 0.4) is 0 Å². The molecule has 10 nitrogen and oxygen atoms in total. The standard InChI is InChI=1S/C26H32N2O8/c1-19(30)10-5-3-2-4-6-15-24(31)35-18-22-13-9-12-20(16-29)25(22)27-26(32)36-17-21-11-7-8-14-23(21)28(33)34/h7-9,11-14,29H,2-6,10,15-18H2,1H3,(H,27,32). The highest BCUT2D eigenvalue weighted by Gasteiger charge is 2.17. The van der Waals surface area contributed by atoms with Gasteiger partial charge in [0.05, 0.1) is 22.8 Å². The first kappa shape index (κ1) is 28.4. The number of para-hydroxylation sites is 2. The molecule has 0 radical (unpaired) electrons. The fourth-order valence-corrected chi connectivity index (χ4v) is 3.56. The minimum Gasteiger partial charge on any atom is -0.461 e. The summed E-state index contributed by atoms with van der Waals surface area (Å²) < 4.78 is 10.5. The van der Waals surface area contributed by atoms with Crippen molar-refractivity contribution in [3.8, 4) is 0 Å². The summed E-state index contributed by atoms with van der Waals surface area (Å²) in [5.74, 6) is -0.191. The predicted molar refractivity (Wildman–Crippen MR) is 132 cm³/mol. The number of ether oxygens (including phenoxy) is 2. The topological polar surface area (TPSA) is 145 Å². The summed E-state index contributed by atoms with van der Waals surface area (Å²) in [6, 6.07) is 10.9. The maximum atomic E-state index is 12.4. The molecular formula is C26H32N2O8. The van der Waals surface area contributed by atoms with Gasteiger partial charge in [0.2, 0.25) is 0 Å². The number of aliphatic hydroxyl groups is 1. The van der Waals surface area contributed by atoms with Crippen molar-refractivity contribution in [2.24, 2.45) is 0 Å². The number of hydrogen-bond donors (Lipinski definition) is 2. The summed E-state index contributed by atoms with van der Waals surface area (Å²) in [4.78, 5) is 46.1. The number of unbranched alkanes of at least 4 members (excludes halogenated alkanes) is 4. The zero-order valence-corrected chi connectivity index (χ0v) is 20.4. The second-order valence-electron chi connectivity index (χ2n) is 8.33. The van der Waals surface area contributed by atoms with E-state index in [9.17, 15) is 29.6 Å². The van der Waals surface area contributed by atoms with E-state index < -0.39 is 11.0 Å². The number of carbonyl (C=O) groups excluding carboxylic acids is 3. The molecular weight excluding hydrogens is 468 g/mol. The number of aliphatic hydroxyl groups excluding tert-OH is 1.